The smallest absolute Gasteiger partial charge is 0.253 e. The molecule has 0 bridgehead atoms. The first-order valence-corrected chi connectivity index (χ1v) is 5.84. The van der Waals surface area contributed by atoms with Crippen LogP contribution < -0.4 is 5.32 Å². The number of carbonyl (C=O) groups excluding carboxylic acids is 1. The molecule has 2 rings (SSSR count). The summed E-state index contributed by atoms with van der Waals surface area (Å²) >= 11 is 0. The Morgan fingerprint density at radius 1 is 1.24 bits per heavy atom. The lowest BCUT2D eigenvalue weighted by Gasteiger charge is -2.27. The van der Waals surface area contributed by atoms with Gasteiger partial charge in [-0.3, -0.25) is 4.79 Å². The molecule has 1 aromatic carbocycles. The standard InChI is InChI=1S/C14H16N2O/c1-2-3-12-4-6-13(7-5-12)14(17)16-10-8-15-9-11-16/h4-7,15H,8-11H2,1H3. The van der Waals surface area contributed by atoms with Crippen LogP contribution in [-0.2, 0) is 0 Å². The molecule has 88 valence electrons. The summed E-state index contributed by atoms with van der Waals surface area (Å²) in [5.74, 6) is 5.92. The first kappa shape index (κ1) is 11.7. The molecule has 1 saturated heterocycles. The number of piperazine rings is 1. The summed E-state index contributed by atoms with van der Waals surface area (Å²) in [5, 5.41) is 3.23. The van der Waals surface area contributed by atoms with Crippen LogP contribution in [0.3, 0.4) is 0 Å². The van der Waals surface area contributed by atoms with Crippen molar-refractivity contribution in [3.8, 4) is 11.8 Å². The molecule has 0 saturated carbocycles. The van der Waals surface area contributed by atoms with Crippen molar-refractivity contribution in [2.24, 2.45) is 0 Å². The third kappa shape index (κ3) is 2.86. The first-order valence-electron chi connectivity index (χ1n) is 5.84. The highest BCUT2D eigenvalue weighted by Crippen LogP contribution is 2.08. The average Bonchev–Trinajstić information content (AvgIpc) is 2.40. The summed E-state index contributed by atoms with van der Waals surface area (Å²) in [6.45, 7) is 5.14. The van der Waals surface area contributed by atoms with Gasteiger partial charge in [0.2, 0.25) is 0 Å². The van der Waals surface area contributed by atoms with Crippen LogP contribution in [-0.4, -0.2) is 37.0 Å². The van der Waals surface area contributed by atoms with Gasteiger partial charge in [-0.05, 0) is 31.2 Å². The lowest BCUT2D eigenvalue weighted by Crippen LogP contribution is -2.46. The van der Waals surface area contributed by atoms with Gasteiger partial charge in [-0.25, -0.2) is 0 Å². The van der Waals surface area contributed by atoms with Crippen LogP contribution in [0.2, 0.25) is 0 Å². The number of benzene rings is 1. The van der Waals surface area contributed by atoms with Crippen LogP contribution in [0.1, 0.15) is 22.8 Å². The van der Waals surface area contributed by atoms with Gasteiger partial charge in [0, 0.05) is 37.3 Å². The Kier molecular flexibility index (Phi) is 3.79. The van der Waals surface area contributed by atoms with Gasteiger partial charge >= 0.3 is 0 Å². The van der Waals surface area contributed by atoms with Gasteiger partial charge < -0.3 is 10.2 Å². The Morgan fingerprint density at radius 3 is 2.47 bits per heavy atom. The number of hydrogen-bond acceptors (Lipinski definition) is 2. The number of nitrogens with zero attached hydrogens (tertiary/aromatic N) is 1. The largest absolute Gasteiger partial charge is 0.336 e. The number of rotatable bonds is 1. The first-order chi connectivity index (χ1) is 8.31. The van der Waals surface area contributed by atoms with E-state index in [1.54, 1.807) is 6.92 Å². The summed E-state index contributed by atoms with van der Waals surface area (Å²) in [5.41, 5.74) is 1.69. The number of carbonyl (C=O) groups is 1. The van der Waals surface area contributed by atoms with Crippen molar-refractivity contribution in [2.45, 2.75) is 6.92 Å². The predicted molar refractivity (Wildman–Crippen MR) is 67.8 cm³/mol. The van der Waals surface area contributed by atoms with Gasteiger partial charge in [-0.1, -0.05) is 5.92 Å². The van der Waals surface area contributed by atoms with Crippen LogP contribution in [0, 0.1) is 11.8 Å². The highest BCUT2D eigenvalue weighted by Gasteiger charge is 2.17. The molecule has 1 aliphatic heterocycles. The average molecular weight is 228 g/mol. The lowest BCUT2D eigenvalue weighted by atomic mass is 10.1. The lowest BCUT2D eigenvalue weighted by molar-refractivity contribution is 0.0736. The molecule has 0 unspecified atom stereocenters. The van der Waals surface area contributed by atoms with E-state index >= 15 is 0 Å². The molecule has 1 aromatic rings. The minimum absolute atomic E-state index is 0.113. The zero-order chi connectivity index (χ0) is 12.1. The molecule has 0 spiro atoms. The molecule has 1 heterocycles. The summed E-state index contributed by atoms with van der Waals surface area (Å²) in [4.78, 5) is 14.0. The Labute approximate surface area is 102 Å². The van der Waals surface area contributed by atoms with Crippen molar-refractivity contribution in [3.63, 3.8) is 0 Å². The SMILES string of the molecule is CC#Cc1ccc(C(=O)N2CCNCC2)cc1. The second kappa shape index (κ2) is 5.51. The fourth-order valence-corrected chi connectivity index (χ4v) is 1.89. The van der Waals surface area contributed by atoms with Gasteiger partial charge in [-0.15, -0.1) is 5.92 Å². The molecule has 1 N–H and O–H groups in total. The molecule has 1 aliphatic rings. The molecule has 0 atom stereocenters. The molecule has 0 aliphatic carbocycles. The van der Waals surface area contributed by atoms with Gasteiger partial charge in [0.05, 0.1) is 0 Å². The number of hydrogen-bond donors (Lipinski definition) is 1. The Hall–Kier alpha value is -1.79. The second-order valence-electron chi connectivity index (χ2n) is 3.99. The minimum Gasteiger partial charge on any atom is -0.336 e. The van der Waals surface area contributed by atoms with Crippen molar-refractivity contribution >= 4 is 5.91 Å². The quantitative estimate of drug-likeness (QED) is 0.730. The molecular formula is C14H16N2O. The maximum absolute atomic E-state index is 12.1. The maximum Gasteiger partial charge on any atom is 0.253 e. The van der Waals surface area contributed by atoms with Crippen LogP contribution in [0.5, 0.6) is 0 Å². The van der Waals surface area contributed by atoms with Gasteiger partial charge in [0.25, 0.3) is 5.91 Å². The van der Waals surface area contributed by atoms with Gasteiger partial charge in [-0.2, -0.15) is 0 Å². The van der Waals surface area contributed by atoms with E-state index in [0.29, 0.717) is 0 Å². The van der Waals surface area contributed by atoms with E-state index < -0.39 is 0 Å². The molecule has 3 nitrogen and oxygen atoms in total. The highest BCUT2D eigenvalue weighted by atomic mass is 16.2. The molecular weight excluding hydrogens is 212 g/mol. The summed E-state index contributed by atoms with van der Waals surface area (Å²) in [6, 6.07) is 7.49. The van der Waals surface area contributed by atoms with Crippen molar-refractivity contribution in [1.82, 2.24) is 10.2 Å². The molecule has 1 amide bonds. The topological polar surface area (TPSA) is 32.3 Å². The van der Waals surface area contributed by atoms with Crippen LogP contribution in [0.25, 0.3) is 0 Å². The fourth-order valence-electron chi connectivity index (χ4n) is 1.89. The van der Waals surface area contributed by atoms with E-state index in [4.69, 9.17) is 0 Å². The van der Waals surface area contributed by atoms with E-state index in [0.717, 1.165) is 37.3 Å². The van der Waals surface area contributed by atoms with E-state index in [1.807, 2.05) is 29.2 Å². The van der Waals surface area contributed by atoms with Crippen LogP contribution in [0.4, 0.5) is 0 Å². The van der Waals surface area contributed by atoms with E-state index in [-0.39, 0.29) is 5.91 Å². The van der Waals surface area contributed by atoms with E-state index in [9.17, 15) is 4.79 Å². The van der Waals surface area contributed by atoms with Crippen molar-refractivity contribution in [2.75, 3.05) is 26.2 Å². The Morgan fingerprint density at radius 2 is 1.88 bits per heavy atom. The van der Waals surface area contributed by atoms with E-state index in [1.165, 1.54) is 0 Å². The monoisotopic (exact) mass is 228 g/mol. The van der Waals surface area contributed by atoms with Gasteiger partial charge in [0.1, 0.15) is 0 Å². The Balaban J connectivity index is 2.09. The molecule has 3 heteroatoms. The van der Waals surface area contributed by atoms with Crippen molar-refractivity contribution in [1.29, 1.82) is 0 Å². The predicted octanol–water partition coefficient (Wildman–Crippen LogP) is 1.10. The Bertz CT molecular complexity index is 447. The number of nitrogens with one attached hydrogen (secondary N) is 1. The molecule has 0 radical (unpaired) electrons. The minimum atomic E-state index is 0.113. The van der Waals surface area contributed by atoms with Crippen molar-refractivity contribution in [3.05, 3.63) is 35.4 Å². The van der Waals surface area contributed by atoms with Crippen LogP contribution >= 0.6 is 0 Å². The summed E-state index contributed by atoms with van der Waals surface area (Å²) in [7, 11) is 0. The third-order valence-corrected chi connectivity index (χ3v) is 2.81. The van der Waals surface area contributed by atoms with E-state index in [2.05, 4.69) is 17.2 Å². The normalized spacial score (nSPS) is 15.0. The zero-order valence-electron chi connectivity index (χ0n) is 9.99. The third-order valence-electron chi connectivity index (χ3n) is 2.81. The van der Waals surface area contributed by atoms with Gasteiger partial charge in [0.15, 0.2) is 0 Å². The molecule has 17 heavy (non-hydrogen) atoms. The van der Waals surface area contributed by atoms with Crippen molar-refractivity contribution < 1.29 is 4.79 Å². The molecule has 0 aromatic heterocycles. The molecule has 1 fully saturated rings. The zero-order valence-corrected chi connectivity index (χ0v) is 9.99. The second-order valence-corrected chi connectivity index (χ2v) is 3.99. The highest BCUT2D eigenvalue weighted by molar-refractivity contribution is 5.94. The number of amides is 1. The van der Waals surface area contributed by atoms with Crippen LogP contribution in [0.15, 0.2) is 24.3 Å². The fraction of sp³-hybridized carbons (Fsp3) is 0.357. The summed E-state index contributed by atoms with van der Waals surface area (Å²) in [6.07, 6.45) is 0. The maximum atomic E-state index is 12.1. The summed E-state index contributed by atoms with van der Waals surface area (Å²) < 4.78 is 0.